The first-order valence-electron chi connectivity index (χ1n) is 8.35. The molecule has 2 aliphatic rings. The number of carbonyl (C=O) groups is 2. The molecule has 2 amide bonds. The van der Waals surface area contributed by atoms with Crippen LogP contribution in [-0.4, -0.2) is 50.0 Å². The van der Waals surface area contributed by atoms with E-state index in [1.807, 2.05) is 43.5 Å². The molecule has 4 rings (SSSR count). The number of carbonyl (C=O) groups excluding carboxylic acids is 2. The molecule has 124 valence electrons. The van der Waals surface area contributed by atoms with E-state index in [1.165, 1.54) is 0 Å². The van der Waals surface area contributed by atoms with Gasteiger partial charge in [-0.15, -0.1) is 0 Å². The molecule has 0 bridgehead atoms. The Bertz CT molecular complexity index is 754. The van der Waals surface area contributed by atoms with Crippen molar-refractivity contribution in [2.75, 3.05) is 6.54 Å². The van der Waals surface area contributed by atoms with Gasteiger partial charge in [0.05, 0.1) is 5.69 Å². The van der Waals surface area contributed by atoms with Crippen molar-refractivity contribution in [2.45, 2.75) is 38.4 Å². The van der Waals surface area contributed by atoms with E-state index in [2.05, 4.69) is 5.10 Å². The van der Waals surface area contributed by atoms with Crippen molar-refractivity contribution in [2.24, 2.45) is 0 Å². The first-order valence-corrected chi connectivity index (χ1v) is 8.35. The quantitative estimate of drug-likeness (QED) is 0.861. The maximum absolute atomic E-state index is 12.7. The molecule has 0 spiro atoms. The Balaban J connectivity index is 1.53. The van der Waals surface area contributed by atoms with Crippen LogP contribution in [0.2, 0.25) is 0 Å². The van der Waals surface area contributed by atoms with Crippen LogP contribution in [0.3, 0.4) is 0 Å². The van der Waals surface area contributed by atoms with Crippen molar-refractivity contribution in [3.05, 3.63) is 48.3 Å². The fourth-order valence-corrected chi connectivity index (χ4v) is 3.63. The minimum Gasteiger partial charge on any atom is -0.329 e. The van der Waals surface area contributed by atoms with E-state index in [1.54, 1.807) is 20.7 Å². The van der Waals surface area contributed by atoms with E-state index in [4.69, 9.17) is 0 Å². The highest BCUT2D eigenvalue weighted by molar-refractivity contribution is 5.97. The average Bonchev–Trinajstić information content (AvgIpc) is 3.28. The average molecular weight is 324 g/mol. The van der Waals surface area contributed by atoms with Crippen LogP contribution < -0.4 is 0 Å². The summed E-state index contributed by atoms with van der Waals surface area (Å²) in [6.07, 6.45) is 5.33. The van der Waals surface area contributed by atoms with E-state index in [9.17, 15) is 9.59 Å². The summed E-state index contributed by atoms with van der Waals surface area (Å²) in [6, 6.07) is 9.16. The molecule has 2 aromatic rings. The smallest absolute Gasteiger partial charge is 0.246 e. The summed E-state index contributed by atoms with van der Waals surface area (Å²) in [6.45, 7) is 3.01. The van der Waals surface area contributed by atoms with Crippen molar-refractivity contribution >= 4 is 11.8 Å². The number of aromatic nitrogens is 2. The van der Waals surface area contributed by atoms with Crippen LogP contribution >= 0.6 is 0 Å². The molecule has 0 unspecified atom stereocenters. The monoisotopic (exact) mass is 324 g/mol. The van der Waals surface area contributed by atoms with Crippen molar-refractivity contribution in [3.8, 4) is 5.69 Å². The minimum atomic E-state index is -0.391. The number of fused-ring (bicyclic) bond motifs is 1. The summed E-state index contributed by atoms with van der Waals surface area (Å²) in [5, 5.41) is 4.20. The summed E-state index contributed by atoms with van der Waals surface area (Å²) in [7, 11) is 0. The Morgan fingerprint density at radius 3 is 2.67 bits per heavy atom. The molecular weight excluding hydrogens is 304 g/mol. The van der Waals surface area contributed by atoms with Crippen molar-refractivity contribution in [3.63, 3.8) is 0 Å². The second-order valence-corrected chi connectivity index (χ2v) is 6.45. The van der Waals surface area contributed by atoms with E-state index >= 15 is 0 Å². The highest BCUT2D eigenvalue weighted by Crippen LogP contribution is 2.28. The molecule has 2 saturated heterocycles. The molecule has 2 aliphatic heterocycles. The number of piperazine rings is 1. The SMILES string of the molecule is C[C@H]1C(=O)N2CCC[C@H]2C(=O)N1Cc1ccc(-n2cccn2)cc1. The second-order valence-electron chi connectivity index (χ2n) is 6.45. The molecule has 6 nitrogen and oxygen atoms in total. The highest BCUT2D eigenvalue weighted by atomic mass is 16.2. The minimum absolute atomic E-state index is 0.0743. The molecule has 2 fully saturated rings. The van der Waals surface area contributed by atoms with Gasteiger partial charge in [-0.05, 0) is 43.5 Å². The third-order valence-electron chi connectivity index (χ3n) is 4.99. The summed E-state index contributed by atoms with van der Waals surface area (Å²) >= 11 is 0. The number of benzene rings is 1. The van der Waals surface area contributed by atoms with Crippen molar-refractivity contribution in [1.82, 2.24) is 19.6 Å². The van der Waals surface area contributed by atoms with E-state index < -0.39 is 6.04 Å². The lowest BCUT2D eigenvalue weighted by atomic mass is 10.0. The maximum Gasteiger partial charge on any atom is 0.246 e. The Labute approximate surface area is 140 Å². The Kier molecular flexibility index (Phi) is 3.59. The molecule has 1 aromatic heterocycles. The predicted octanol–water partition coefficient (Wildman–Crippen LogP) is 1.59. The first-order chi connectivity index (χ1) is 11.6. The highest BCUT2D eigenvalue weighted by Gasteiger charge is 2.45. The molecule has 24 heavy (non-hydrogen) atoms. The molecule has 0 N–H and O–H groups in total. The van der Waals surface area contributed by atoms with E-state index in [0.29, 0.717) is 13.1 Å². The van der Waals surface area contributed by atoms with Gasteiger partial charge in [-0.3, -0.25) is 9.59 Å². The number of hydrogen-bond donors (Lipinski definition) is 0. The number of amides is 2. The van der Waals surface area contributed by atoms with Crippen LogP contribution in [0.5, 0.6) is 0 Å². The molecule has 0 aliphatic carbocycles. The lowest BCUT2D eigenvalue weighted by Crippen LogP contribution is -2.61. The fraction of sp³-hybridized carbons (Fsp3) is 0.389. The van der Waals surface area contributed by atoms with Crippen molar-refractivity contribution < 1.29 is 9.59 Å². The van der Waals surface area contributed by atoms with Gasteiger partial charge in [-0.1, -0.05) is 12.1 Å². The number of rotatable bonds is 3. The van der Waals surface area contributed by atoms with Crippen molar-refractivity contribution in [1.29, 1.82) is 0 Å². The van der Waals surface area contributed by atoms with Crippen LogP contribution in [0.1, 0.15) is 25.3 Å². The maximum atomic E-state index is 12.7. The van der Waals surface area contributed by atoms with Gasteiger partial charge in [0, 0.05) is 25.5 Å². The van der Waals surface area contributed by atoms with Gasteiger partial charge in [0.2, 0.25) is 11.8 Å². The van der Waals surface area contributed by atoms with E-state index in [0.717, 1.165) is 24.1 Å². The predicted molar refractivity (Wildman–Crippen MR) is 88.3 cm³/mol. The number of hydrogen-bond acceptors (Lipinski definition) is 3. The van der Waals surface area contributed by atoms with Crippen LogP contribution in [-0.2, 0) is 16.1 Å². The summed E-state index contributed by atoms with van der Waals surface area (Å²) in [5.41, 5.74) is 1.99. The lowest BCUT2D eigenvalue weighted by molar-refractivity contribution is -0.159. The van der Waals surface area contributed by atoms with Crippen LogP contribution in [0.15, 0.2) is 42.7 Å². The lowest BCUT2D eigenvalue weighted by Gasteiger charge is -2.41. The molecule has 0 saturated carbocycles. The van der Waals surface area contributed by atoms with Gasteiger partial charge in [0.1, 0.15) is 12.1 Å². The molecular formula is C18H20N4O2. The zero-order chi connectivity index (χ0) is 16.7. The van der Waals surface area contributed by atoms with Crippen LogP contribution in [0.25, 0.3) is 5.69 Å². The third kappa shape index (κ3) is 2.38. The molecule has 2 atom stereocenters. The van der Waals surface area contributed by atoms with Gasteiger partial charge >= 0.3 is 0 Å². The van der Waals surface area contributed by atoms with E-state index in [-0.39, 0.29) is 17.9 Å². The first kappa shape index (κ1) is 14.9. The van der Waals surface area contributed by atoms with Crippen LogP contribution in [0, 0.1) is 0 Å². The summed E-state index contributed by atoms with van der Waals surface area (Å²) < 4.78 is 1.79. The van der Waals surface area contributed by atoms with Gasteiger partial charge in [0.15, 0.2) is 0 Å². The van der Waals surface area contributed by atoms with Crippen LogP contribution in [0.4, 0.5) is 0 Å². The Morgan fingerprint density at radius 1 is 1.17 bits per heavy atom. The largest absolute Gasteiger partial charge is 0.329 e. The zero-order valence-corrected chi connectivity index (χ0v) is 13.6. The fourth-order valence-electron chi connectivity index (χ4n) is 3.63. The molecule has 3 heterocycles. The second kappa shape index (κ2) is 5.78. The summed E-state index contributed by atoms with van der Waals surface area (Å²) in [4.78, 5) is 28.7. The number of nitrogens with zero attached hydrogens (tertiary/aromatic N) is 4. The normalized spacial score (nSPS) is 23.7. The molecule has 1 aromatic carbocycles. The third-order valence-corrected chi connectivity index (χ3v) is 4.99. The molecule has 6 heteroatoms. The van der Waals surface area contributed by atoms with Gasteiger partial charge in [0.25, 0.3) is 0 Å². The Morgan fingerprint density at radius 2 is 1.96 bits per heavy atom. The standard InChI is InChI=1S/C18H20N4O2/c1-13-17(23)20-10-2-4-16(20)18(24)21(13)12-14-5-7-15(8-6-14)22-11-3-9-19-22/h3,5-9,11,13,16H,2,4,10,12H2,1H3/t13-,16-/m0/s1. The van der Waals surface area contributed by atoms with Gasteiger partial charge in [-0.2, -0.15) is 5.10 Å². The Hall–Kier alpha value is -2.63. The molecule has 0 radical (unpaired) electrons. The van der Waals surface area contributed by atoms with Gasteiger partial charge < -0.3 is 9.80 Å². The zero-order valence-electron chi connectivity index (χ0n) is 13.6. The topological polar surface area (TPSA) is 58.4 Å². The van der Waals surface area contributed by atoms with Gasteiger partial charge in [-0.25, -0.2) is 4.68 Å². The summed E-state index contributed by atoms with van der Waals surface area (Å²) in [5.74, 6) is 0.154.